The molecule has 30 heavy (non-hydrogen) atoms. The third-order valence-electron chi connectivity index (χ3n) is 5.43. The lowest BCUT2D eigenvalue weighted by Crippen LogP contribution is -2.08. The fourth-order valence-electron chi connectivity index (χ4n) is 3.90. The van der Waals surface area contributed by atoms with Gasteiger partial charge < -0.3 is 4.90 Å². The molecule has 0 saturated carbocycles. The number of hydrogen-bond acceptors (Lipinski definition) is 2. The van der Waals surface area contributed by atoms with Gasteiger partial charge in [0.05, 0.1) is 16.7 Å². The molecule has 146 valence electrons. The Balaban J connectivity index is 1.77. The smallest absolute Gasteiger partial charge is 0.145 e. The lowest BCUT2D eigenvalue weighted by atomic mass is 10.0. The Hall–Kier alpha value is -3.85. The molecular formula is C27H23N3. The summed E-state index contributed by atoms with van der Waals surface area (Å²) in [4.78, 5) is 7.13. The van der Waals surface area contributed by atoms with Gasteiger partial charge in [-0.25, -0.2) is 4.98 Å². The third-order valence-corrected chi connectivity index (χ3v) is 5.43. The second-order valence-electron chi connectivity index (χ2n) is 7.58. The zero-order valence-electron chi connectivity index (χ0n) is 17.2. The number of nitrogens with zero attached hydrogens (tertiary/aromatic N) is 3. The van der Waals surface area contributed by atoms with E-state index in [1.54, 1.807) is 0 Å². The molecule has 0 atom stereocenters. The molecule has 3 nitrogen and oxygen atoms in total. The fraction of sp³-hybridized carbons (Fsp3) is 0.0741. The molecule has 0 radical (unpaired) electrons. The molecule has 4 aromatic carbocycles. The summed E-state index contributed by atoms with van der Waals surface area (Å²) >= 11 is 0. The van der Waals surface area contributed by atoms with E-state index in [2.05, 4.69) is 121 Å². The zero-order valence-corrected chi connectivity index (χ0v) is 17.2. The number of anilines is 1. The number of para-hydroxylation sites is 3. The first-order valence-electron chi connectivity index (χ1n) is 10.1. The summed E-state index contributed by atoms with van der Waals surface area (Å²) in [5, 5.41) is 0. The molecule has 0 N–H and O–H groups in total. The van der Waals surface area contributed by atoms with Crippen LogP contribution in [0.5, 0.6) is 0 Å². The van der Waals surface area contributed by atoms with Gasteiger partial charge in [0.2, 0.25) is 0 Å². The number of fused-ring (bicyclic) bond motifs is 1. The molecule has 0 aliphatic rings. The summed E-state index contributed by atoms with van der Waals surface area (Å²) in [6, 6.07) is 36.0. The molecule has 0 unspecified atom stereocenters. The van der Waals surface area contributed by atoms with E-state index in [9.17, 15) is 0 Å². The van der Waals surface area contributed by atoms with Gasteiger partial charge in [-0.1, -0.05) is 60.7 Å². The monoisotopic (exact) mass is 389 g/mol. The summed E-state index contributed by atoms with van der Waals surface area (Å²) < 4.78 is 2.28. The Bertz CT molecular complexity index is 1300. The van der Waals surface area contributed by atoms with Crippen molar-refractivity contribution in [3.05, 3.63) is 103 Å². The molecular weight excluding hydrogens is 366 g/mol. The van der Waals surface area contributed by atoms with Gasteiger partial charge in [-0.3, -0.25) is 4.57 Å². The largest absolute Gasteiger partial charge is 0.378 e. The van der Waals surface area contributed by atoms with E-state index in [1.807, 2.05) is 6.07 Å². The number of hydrogen-bond donors (Lipinski definition) is 0. The van der Waals surface area contributed by atoms with Crippen LogP contribution in [0.15, 0.2) is 103 Å². The van der Waals surface area contributed by atoms with E-state index in [4.69, 9.17) is 4.98 Å². The van der Waals surface area contributed by atoms with Crippen molar-refractivity contribution in [2.24, 2.45) is 0 Å². The number of benzene rings is 4. The average molecular weight is 390 g/mol. The van der Waals surface area contributed by atoms with Crippen LogP contribution >= 0.6 is 0 Å². The lowest BCUT2D eigenvalue weighted by molar-refractivity contribution is 1.10. The molecule has 0 bridgehead atoms. The van der Waals surface area contributed by atoms with Crippen molar-refractivity contribution in [2.75, 3.05) is 19.0 Å². The highest BCUT2D eigenvalue weighted by molar-refractivity contribution is 5.86. The second-order valence-corrected chi connectivity index (χ2v) is 7.58. The first kappa shape index (κ1) is 18.2. The minimum absolute atomic E-state index is 0.949. The number of rotatable bonds is 4. The van der Waals surface area contributed by atoms with Crippen molar-refractivity contribution in [1.29, 1.82) is 0 Å². The van der Waals surface area contributed by atoms with Crippen LogP contribution in [-0.2, 0) is 0 Å². The van der Waals surface area contributed by atoms with Gasteiger partial charge in [-0.15, -0.1) is 0 Å². The predicted molar refractivity (Wildman–Crippen MR) is 126 cm³/mol. The molecule has 1 aromatic heterocycles. The Kier molecular flexibility index (Phi) is 4.56. The Morgan fingerprint density at radius 1 is 0.633 bits per heavy atom. The number of imidazole rings is 1. The standard InChI is InChI=1S/C27H23N3/c1-29(2)22-18-16-21(17-19-22)27-28-24-13-7-9-15-26(24)30(27)25-14-8-6-12-23(25)20-10-4-3-5-11-20/h3-19H,1-2H3. The van der Waals surface area contributed by atoms with Crippen LogP contribution in [0, 0.1) is 0 Å². The van der Waals surface area contributed by atoms with Gasteiger partial charge in [-0.05, 0) is 48.0 Å². The highest BCUT2D eigenvalue weighted by Gasteiger charge is 2.17. The summed E-state index contributed by atoms with van der Waals surface area (Å²) in [5.41, 5.74) is 7.88. The van der Waals surface area contributed by atoms with Crippen LogP contribution in [0.3, 0.4) is 0 Å². The topological polar surface area (TPSA) is 21.1 Å². The van der Waals surface area contributed by atoms with E-state index >= 15 is 0 Å². The highest BCUT2D eigenvalue weighted by atomic mass is 15.1. The van der Waals surface area contributed by atoms with Gasteiger partial charge in [0.25, 0.3) is 0 Å². The van der Waals surface area contributed by atoms with Crippen molar-refractivity contribution >= 4 is 16.7 Å². The molecule has 5 aromatic rings. The highest BCUT2D eigenvalue weighted by Crippen LogP contribution is 2.34. The molecule has 0 spiro atoms. The zero-order chi connectivity index (χ0) is 20.5. The predicted octanol–water partition coefficient (Wildman–Crippen LogP) is 6.43. The Morgan fingerprint density at radius 3 is 2.07 bits per heavy atom. The molecule has 3 heteroatoms. The van der Waals surface area contributed by atoms with Crippen LogP contribution in [0.4, 0.5) is 5.69 Å². The van der Waals surface area contributed by atoms with Crippen LogP contribution in [0.25, 0.3) is 39.2 Å². The van der Waals surface area contributed by atoms with Gasteiger partial charge in [0.1, 0.15) is 5.82 Å². The van der Waals surface area contributed by atoms with E-state index in [0.717, 1.165) is 28.1 Å². The van der Waals surface area contributed by atoms with Crippen molar-refractivity contribution < 1.29 is 0 Å². The maximum atomic E-state index is 5.02. The second kappa shape index (κ2) is 7.53. The van der Waals surface area contributed by atoms with Crippen molar-refractivity contribution in [2.45, 2.75) is 0 Å². The van der Waals surface area contributed by atoms with Gasteiger partial charge in [-0.2, -0.15) is 0 Å². The molecule has 0 aliphatic carbocycles. The van der Waals surface area contributed by atoms with Crippen LogP contribution in [0.1, 0.15) is 0 Å². The van der Waals surface area contributed by atoms with E-state index in [1.165, 1.54) is 16.8 Å². The number of aromatic nitrogens is 2. The minimum atomic E-state index is 0.949. The summed E-state index contributed by atoms with van der Waals surface area (Å²) in [6.45, 7) is 0. The first-order chi connectivity index (χ1) is 14.7. The molecule has 5 rings (SSSR count). The Morgan fingerprint density at radius 2 is 1.30 bits per heavy atom. The molecule has 1 heterocycles. The Labute approximate surface area is 176 Å². The fourth-order valence-corrected chi connectivity index (χ4v) is 3.90. The maximum Gasteiger partial charge on any atom is 0.145 e. The lowest BCUT2D eigenvalue weighted by Gasteiger charge is -2.16. The molecule has 0 fully saturated rings. The molecule has 0 amide bonds. The van der Waals surface area contributed by atoms with Gasteiger partial charge >= 0.3 is 0 Å². The van der Waals surface area contributed by atoms with E-state index in [0.29, 0.717) is 0 Å². The van der Waals surface area contributed by atoms with Crippen molar-refractivity contribution in [1.82, 2.24) is 9.55 Å². The SMILES string of the molecule is CN(C)c1ccc(-c2nc3ccccc3n2-c2ccccc2-c2ccccc2)cc1. The van der Waals surface area contributed by atoms with Crippen molar-refractivity contribution in [3.63, 3.8) is 0 Å². The quantitative estimate of drug-likeness (QED) is 0.353. The molecule has 0 aliphatic heterocycles. The summed E-state index contributed by atoms with van der Waals surface area (Å²) in [5.74, 6) is 0.949. The minimum Gasteiger partial charge on any atom is -0.378 e. The first-order valence-corrected chi connectivity index (χ1v) is 10.1. The average Bonchev–Trinajstić information content (AvgIpc) is 3.19. The van der Waals surface area contributed by atoms with Gasteiger partial charge in [0.15, 0.2) is 0 Å². The van der Waals surface area contributed by atoms with Crippen LogP contribution in [-0.4, -0.2) is 23.6 Å². The van der Waals surface area contributed by atoms with Crippen LogP contribution in [0.2, 0.25) is 0 Å². The van der Waals surface area contributed by atoms with E-state index < -0.39 is 0 Å². The summed E-state index contributed by atoms with van der Waals surface area (Å²) in [6.07, 6.45) is 0. The third kappa shape index (κ3) is 3.15. The van der Waals surface area contributed by atoms with Crippen LogP contribution < -0.4 is 4.90 Å². The summed E-state index contributed by atoms with van der Waals surface area (Å²) in [7, 11) is 4.11. The van der Waals surface area contributed by atoms with Gasteiger partial charge in [0, 0.05) is 30.9 Å². The molecule has 0 saturated heterocycles. The van der Waals surface area contributed by atoms with E-state index in [-0.39, 0.29) is 0 Å². The maximum absolute atomic E-state index is 5.02. The van der Waals surface area contributed by atoms with Crippen molar-refractivity contribution in [3.8, 4) is 28.2 Å². The normalized spacial score (nSPS) is 11.0.